The van der Waals surface area contributed by atoms with Crippen molar-refractivity contribution in [3.8, 4) is 0 Å². The van der Waals surface area contributed by atoms with Crippen LogP contribution in [0.4, 0.5) is 4.79 Å². The van der Waals surface area contributed by atoms with Crippen LogP contribution in [0.2, 0.25) is 0 Å². The maximum Gasteiger partial charge on any atom is 0.335 e. The highest BCUT2D eigenvalue weighted by Gasteiger charge is 2.04. The second kappa shape index (κ2) is 8.31. The number of hydrogen-bond acceptors (Lipinski definition) is 3. The molecule has 0 heterocycles. The number of benzene rings is 1. The number of amides is 2. The lowest BCUT2D eigenvalue weighted by atomic mass is 10.1. The Labute approximate surface area is 120 Å². The number of nitrogens with one attached hydrogen (secondary N) is 2. The molecule has 0 aromatic heterocycles. The molecule has 0 saturated carbocycles. The highest BCUT2D eigenvalue weighted by Crippen LogP contribution is 2.05. The Morgan fingerprint density at radius 3 is 2.60 bits per heavy atom. The first kappa shape index (κ1) is 16.2. The molecule has 0 fully saturated rings. The van der Waals surface area contributed by atoms with Crippen molar-refractivity contribution >= 4 is 22.8 Å². The molecule has 0 aliphatic rings. The quantitative estimate of drug-likeness (QED) is 0.687. The molecule has 1 aromatic rings. The predicted molar refractivity (Wildman–Crippen MR) is 77.4 cm³/mol. The van der Waals surface area contributed by atoms with Gasteiger partial charge in [0.25, 0.3) is 0 Å². The van der Waals surface area contributed by atoms with Gasteiger partial charge in [-0.25, -0.2) is 9.59 Å². The molecule has 1 rings (SSSR count). The Morgan fingerprint density at radius 2 is 1.95 bits per heavy atom. The third-order valence-corrected chi connectivity index (χ3v) is 3.33. The Hall–Kier alpha value is -1.89. The van der Waals surface area contributed by atoms with E-state index in [1.165, 1.54) is 6.07 Å². The maximum atomic E-state index is 11.4. The largest absolute Gasteiger partial charge is 0.478 e. The highest BCUT2D eigenvalue weighted by molar-refractivity contribution is 7.84. The topological polar surface area (TPSA) is 95.5 Å². The van der Waals surface area contributed by atoms with Crippen molar-refractivity contribution < 1.29 is 18.9 Å². The van der Waals surface area contributed by atoms with E-state index in [1.807, 2.05) is 6.07 Å². The molecule has 0 radical (unpaired) electrons. The SMILES string of the molecule is CS(=O)CCNC(=O)NCCc1cccc(C(=O)O)c1. The van der Waals surface area contributed by atoms with Crippen LogP contribution >= 0.6 is 0 Å². The second-order valence-corrected chi connectivity index (χ2v) is 5.77. The van der Waals surface area contributed by atoms with Gasteiger partial charge in [0.2, 0.25) is 0 Å². The Bertz CT molecular complexity index is 505. The van der Waals surface area contributed by atoms with Gasteiger partial charge in [-0.2, -0.15) is 0 Å². The minimum absolute atomic E-state index is 0.234. The Morgan fingerprint density at radius 1 is 1.25 bits per heavy atom. The first-order chi connectivity index (χ1) is 9.49. The summed E-state index contributed by atoms with van der Waals surface area (Å²) in [7, 11) is -0.923. The highest BCUT2D eigenvalue weighted by atomic mass is 32.2. The Kier molecular flexibility index (Phi) is 6.72. The average Bonchev–Trinajstić information content (AvgIpc) is 2.38. The summed E-state index contributed by atoms with van der Waals surface area (Å²) < 4.78 is 10.8. The van der Waals surface area contributed by atoms with Crippen LogP contribution in [0.5, 0.6) is 0 Å². The van der Waals surface area contributed by atoms with E-state index in [9.17, 15) is 13.8 Å². The van der Waals surface area contributed by atoms with E-state index in [1.54, 1.807) is 18.4 Å². The summed E-state index contributed by atoms with van der Waals surface area (Å²) in [4.78, 5) is 22.2. The van der Waals surface area contributed by atoms with Crippen LogP contribution in [-0.2, 0) is 17.2 Å². The van der Waals surface area contributed by atoms with E-state index in [0.29, 0.717) is 25.3 Å². The van der Waals surface area contributed by atoms with Crippen LogP contribution < -0.4 is 10.6 Å². The molecule has 2 amide bonds. The summed E-state index contributed by atoms with van der Waals surface area (Å²) >= 11 is 0. The average molecular weight is 298 g/mol. The summed E-state index contributed by atoms with van der Waals surface area (Å²) in [5, 5.41) is 14.1. The third-order valence-electron chi connectivity index (χ3n) is 2.55. The lowest BCUT2D eigenvalue weighted by Crippen LogP contribution is -2.38. The standard InChI is InChI=1S/C13H18N2O4S/c1-20(19)8-7-15-13(18)14-6-5-10-3-2-4-11(9-10)12(16)17/h2-4,9H,5-8H2,1H3,(H,16,17)(H2,14,15,18). The molecule has 6 nitrogen and oxygen atoms in total. The van der Waals surface area contributed by atoms with Gasteiger partial charge >= 0.3 is 12.0 Å². The molecule has 1 atom stereocenters. The van der Waals surface area contributed by atoms with E-state index < -0.39 is 16.8 Å². The smallest absolute Gasteiger partial charge is 0.335 e. The van der Waals surface area contributed by atoms with Crippen molar-refractivity contribution in [1.82, 2.24) is 10.6 Å². The van der Waals surface area contributed by atoms with Crippen molar-refractivity contribution in [2.45, 2.75) is 6.42 Å². The zero-order chi connectivity index (χ0) is 15.0. The fraction of sp³-hybridized carbons (Fsp3) is 0.385. The molecule has 0 bridgehead atoms. The van der Waals surface area contributed by atoms with E-state index in [2.05, 4.69) is 10.6 Å². The van der Waals surface area contributed by atoms with Gasteiger partial charge in [-0.15, -0.1) is 0 Å². The van der Waals surface area contributed by atoms with E-state index in [4.69, 9.17) is 5.11 Å². The van der Waals surface area contributed by atoms with Crippen LogP contribution in [0, 0.1) is 0 Å². The van der Waals surface area contributed by atoms with Crippen molar-refractivity contribution in [2.24, 2.45) is 0 Å². The zero-order valence-electron chi connectivity index (χ0n) is 11.2. The molecule has 20 heavy (non-hydrogen) atoms. The number of carboxylic acid groups (broad SMARTS) is 1. The molecular formula is C13H18N2O4S. The molecule has 0 saturated heterocycles. The van der Waals surface area contributed by atoms with Gasteiger partial charge < -0.3 is 15.7 Å². The lowest BCUT2D eigenvalue weighted by molar-refractivity contribution is 0.0696. The zero-order valence-corrected chi connectivity index (χ0v) is 12.0. The summed E-state index contributed by atoms with van der Waals surface area (Å²) in [6.07, 6.45) is 2.13. The molecule has 3 N–H and O–H groups in total. The van der Waals surface area contributed by atoms with Gasteiger partial charge in [0.1, 0.15) is 0 Å². The summed E-state index contributed by atoms with van der Waals surface area (Å²) in [6.45, 7) is 0.771. The number of aromatic carboxylic acids is 1. The fourth-order valence-electron chi connectivity index (χ4n) is 1.55. The van der Waals surface area contributed by atoms with Gasteiger partial charge in [-0.3, -0.25) is 4.21 Å². The van der Waals surface area contributed by atoms with Crippen LogP contribution in [0.15, 0.2) is 24.3 Å². The monoisotopic (exact) mass is 298 g/mol. The number of rotatable bonds is 7. The minimum atomic E-state index is -0.967. The van der Waals surface area contributed by atoms with Crippen molar-refractivity contribution in [2.75, 3.05) is 25.1 Å². The molecule has 0 aliphatic carbocycles. The van der Waals surface area contributed by atoms with Crippen molar-refractivity contribution in [1.29, 1.82) is 0 Å². The Balaban J connectivity index is 2.30. The van der Waals surface area contributed by atoms with Crippen LogP contribution in [0.3, 0.4) is 0 Å². The number of carbonyl (C=O) groups excluding carboxylic acids is 1. The normalized spacial score (nSPS) is 11.7. The summed E-state index contributed by atoms with van der Waals surface area (Å²) in [5.74, 6) is -0.543. The van der Waals surface area contributed by atoms with Gasteiger partial charge in [0.15, 0.2) is 0 Å². The van der Waals surface area contributed by atoms with Crippen molar-refractivity contribution in [3.05, 3.63) is 35.4 Å². The number of hydrogen-bond donors (Lipinski definition) is 3. The molecule has 7 heteroatoms. The minimum Gasteiger partial charge on any atom is -0.478 e. The van der Waals surface area contributed by atoms with Gasteiger partial charge in [-0.1, -0.05) is 12.1 Å². The summed E-state index contributed by atoms with van der Waals surface area (Å²) in [6, 6.07) is 6.28. The van der Waals surface area contributed by atoms with Gasteiger partial charge in [-0.05, 0) is 24.1 Å². The van der Waals surface area contributed by atoms with E-state index in [-0.39, 0.29) is 11.6 Å². The van der Waals surface area contributed by atoms with Crippen LogP contribution in [0.25, 0.3) is 0 Å². The number of carbonyl (C=O) groups is 2. The predicted octanol–water partition coefficient (Wildman–Crippen LogP) is 0.605. The third kappa shape index (κ3) is 6.33. The van der Waals surface area contributed by atoms with Gasteiger partial charge in [0, 0.05) is 35.9 Å². The lowest BCUT2D eigenvalue weighted by Gasteiger charge is -2.07. The molecule has 1 unspecified atom stereocenters. The summed E-state index contributed by atoms with van der Waals surface area (Å²) in [5.41, 5.74) is 1.08. The number of urea groups is 1. The first-order valence-corrected chi connectivity index (χ1v) is 7.85. The maximum absolute atomic E-state index is 11.4. The molecule has 0 spiro atoms. The molecule has 1 aromatic carbocycles. The van der Waals surface area contributed by atoms with Gasteiger partial charge in [0.05, 0.1) is 5.56 Å². The molecule has 110 valence electrons. The van der Waals surface area contributed by atoms with Crippen molar-refractivity contribution in [3.63, 3.8) is 0 Å². The second-order valence-electron chi connectivity index (χ2n) is 4.22. The van der Waals surface area contributed by atoms with E-state index >= 15 is 0 Å². The molecule has 0 aliphatic heterocycles. The van der Waals surface area contributed by atoms with Crippen LogP contribution in [0.1, 0.15) is 15.9 Å². The van der Waals surface area contributed by atoms with E-state index in [0.717, 1.165) is 5.56 Å². The fourth-order valence-corrected chi connectivity index (χ4v) is 1.94. The first-order valence-electron chi connectivity index (χ1n) is 6.13. The molecular weight excluding hydrogens is 280 g/mol. The number of carboxylic acids is 1. The van der Waals surface area contributed by atoms with Crippen LogP contribution in [-0.4, -0.2) is 46.4 Å².